The Morgan fingerprint density at radius 3 is 2.73 bits per heavy atom. The lowest BCUT2D eigenvalue weighted by Crippen LogP contribution is -2.24. The minimum atomic E-state index is -0.453. The molecule has 0 aliphatic heterocycles. The number of carbonyl (C=O) groups is 1. The number of aryl methyl sites for hydroxylation is 1. The first-order valence-electron chi connectivity index (χ1n) is 7.17. The van der Waals surface area contributed by atoms with Crippen LogP contribution in [0, 0.1) is 0 Å². The van der Waals surface area contributed by atoms with Crippen LogP contribution >= 0.6 is 11.8 Å². The summed E-state index contributed by atoms with van der Waals surface area (Å²) in [6, 6.07) is 11.0. The first kappa shape index (κ1) is 16.3. The van der Waals surface area contributed by atoms with E-state index >= 15 is 0 Å². The molecule has 116 valence electrons. The summed E-state index contributed by atoms with van der Waals surface area (Å²) < 4.78 is 0. The van der Waals surface area contributed by atoms with Crippen molar-refractivity contribution in [1.29, 1.82) is 0 Å². The van der Waals surface area contributed by atoms with Gasteiger partial charge in [0.2, 0.25) is 5.91 Å². The van der Waals surface area contributed by atoms with E-state index in [-0.39, 0.29) is 11.5 Å². The molecule has 0 aliphatic rings. The minimum Gasteiger partial charge on any atom is -0.358 e. The van der Waals surface area contributed by atoms with E-state index in [4.69, 9.17) is 0 Å². The van der Waals surface area contributed by atoms with Gasteiger partial charge in [0.15, 0.2) is 5.16 Å². The quantitative estimate of drug-likeness (QED) is 0.633. The molecule has 5 nitrogen and oxygen atoms in total. The number of thioether (sulfide) groups is 1. The lowest BCUT2D eigenvalue weighted by Gasteiger charge is -2.15. The highest BCUT2D eigenvalue weighted by molar-refractivity contribution is 8.00. The molecule has 2 N–H and O–H groups in total. The first-order chi connectivity index (χ1) is 10.6. The molecule has 2 rings (SSSR count). The molecule has 0 spiro atoms. The van der Waals surface area contributed by atoms with E-state index in [2.05, 4.69) is 15.3 Å². The van der Waals surface area contributed by atoms with E-state index < -0.39 is 5.25 Å². The molecule has 0 aliphatic carbocycles. The summed E-state index contributed by atoms with van der Waals surface area (Å²) >= 11 is 1.25. The Bertz CT molecular complexity index is 685. The Morgan fingerprint density at radius 2 is 2.09 bits per heavy atom. The molecule has 22 heavy (non-hydrogen) atoms. The fourth-order valence-corrected chi connectivity index (χ4v) is 3.14. The number of hydrogen-bond acceptors (Lipinski definition) is 4. The highest BCUT2D eigenvalue weighted by Gasteiger charge is 2.22. The molecule has 0 bridgehead atoms. The van der Waals surface area contributed by atoms with Crippen LogP contribution < -0.4 is 10.9 Å². The zero-order valence-electron chi connectivity index (χ0n) is 12.6. The van der Waals surface area contributed by atoms with Gasteiger partial charge >= 0.3 is 0 Å². The lowest BCUT2D eigenvalue weighted by molar-refractivity contribution is -0.120. The van der Waals surface area contributed by atoms with Crippen LogP contribution in [0.25, 0.3) is 0 Å². The van der Waals surface area contributed by atoms with Crippen LogP contribution in [0.5, 0.6) is 0 Å². The third kappa shape index (κ3) is 4.21. The highest BCUT2D eigenvalue weighted by atomic mass is 32.2. The Morgan fingerprint density at radius 1 is 1.36 bits per heavy atom. The van der Waals surface area contributed by atoms with Crippen LogP contribution in [0.1, 0.15) is 29.9 Å². The average Bonchev–Trinajstić information content (AvgIpc) is 2.52. The van der Waals surface area contributed by atoms with Gasteiger partial charge in [-0.3, -0.25) is 9.59 Å². The van der Waals surface area contributed by atoms with Crippen molar-refractivity contribution in [3.05, 3.63) is 58.0 Å². The number of aromatic amines is 1. The summed E-state index contributed by atoms with van der Waals surface area (Å²) in [4.78, 5) is 31.0. The third-order valence-electron chi connectivity index (χ3n) is 3.10. The Hall–Kier alpha value is -2.08. The van der Waals surface area contributed by atoms with Crippen LogP contribution in [-0.2, 0) is 11.2 Å². The highest BCUT2D eigenvalue weighted by Crippen LogP contribution is 2.33. The van der Waals surface area contributed by atoms with E-state index in [9.17, 15) is 9.59 Å². The number of benzene rings is 1. The number of nitrogens with zero attached hydrogens (tertiary/aromatic N) is 1. The summed E-state index contributed by atoms with van der Waals surface area (Å²) in [5.41, 5.74) is 1.43. The van der Waals surface area contributed by atoms with Gasteiger partial charge in [0.25, 0.3) is 5.56 Å². The lowest BCUT2D eigenvalue weighted by atomic mass is 10.1. The number of hydrogen-bond donors (Lipinski definition) is 2. The molecule has 0 saturated carbocycles. The third-order valence-corrected chi connectivity index (χ3v) is 4.23. The van der Waals surface area contributed by atoms with Crippen molar-refractivity contribution in [2.45, 2.75) is 30.2 Å². The van der Waals surface area contributed by atoms with Crippen LogP contribution in [0.15, 0.2) is 46.3 Å². The number of H-pyrrole nitrogens is 1. The molecular weight excluding hydrogens is 298 g/mol. The van der Waals surface area contributed by atoms with Crippen LogP contribution in [-0.4, -0.2) is 22.9 Å². The molecule has 1 heterocycles. The largest absolute Gasteiger partial charge is 0.358 e. The van der Waals surface area contributed by atoms with E-state index in [1.54, 1.807) is 7.05 Å². The molecule has 1 atom stereocenters. The van der Waals surface area contributed by atoms with Gasteiger partial charge in [-0.25, -0.2) is 4.98 Å². The Labute approximate surface area is 133 Å². The molecule has 1 aromatic carbocycles. The van der Waals surface area contributed by atoms with Crippen molar-refractivity contribution in [1.82, 2.24) is 15.3 Å². The SMILES string of the molecule is CCCc1cc(=O)[nH]c(SC(C(=O)NC)c2ccccc2)n1. The number of likely N-dealkylation sites (N-methyl/N-ethyl adjacent to an activating group) is 1. The van der Waals surface area contributed by atoms with E-state index in [1.165, 1.54) is 17.8 Å². The summed E-state index contributed by atoms with van der Waals surface area (Å²) in [5, 5.41) is 2.67. The number of carbonyl (C=O) groups excluding carboxylic acids is 1. The van der Waals surface area contributed by atoms with E-state index in [0.717, 1.165) is 24.1 Å². The van der Waals surface area contributed by atoms with Crippen molar-refractivity contribution in [2.24, 2.45) is 0 Å². The second-order valence-corrected chi connectivity index (χ2v) is 5.91. The first-order valence-corrected chi connectivity index (χ1v) is 8.05. The summed E-state index contributed by atoms with van der Waals surface area (Å²) in [6.45, 7) is 2.03. The molecule has 2 aromatic rings. The van der Waals surface area contributed by atoms with Crippen molar-refractivity contribution < 1.29 is 4.79 Å². The molecule has 1 aromatic heterocycles. The summed E-state index contributed by atoms with van der Waals surface area (Å²) in [5.74, 6) is -0.125. The maximum Gasteiger partial charge on any atom is 0.251 e. The van der Waals surface area contributed by atoms with Crippen LogP contribution in [0.3, 0.4) is 0 Å². The van der Waals surface area contributed by atoms with Crippen molar-refractivity contribution >= 4 is 17.7 Å². The maximum absolute atomic E-state index is 12.2. The number of rotatable bonds is 6. The molecule has 0 fully saturated rings. The predicted molar refractivity (Wildman–Crippen MR) is 88.0 cm³/mol. The van der Waals surface area contributed by atoms with E-state index in [1.807, 2.05) is 37.3 Å². The smallest absolute Gasteiger partial charge is 0.251 e. The Balaban J connectivity index is 2.31. The number of amides is 1. The van der Waals surface area contributed by atoms with Crippen molar-refractivity contribution in [2.75, 3.05) is 7.05 Å². The molecule has 1 unspecified atom stereocenters. The van der Waals surface area contributed by atoms with Gasteiger partial charge in [-0.05, 0) is 12.0 Å². The minimum absolute atomic E-state index is 0.125. The second-order valence-electron chi connectivity index (χ2n) is 4.81. The van der Waals surface area contributed by atoms with Crippen LogP contribution in [0.2, 0.25) is 0 Å². The van der Waals surface area contributed by atoms with Crippen molar-refractivity contribution in [3.8, 4) is 0 Å². The van der Waals surface area contributed by atoms with Gasteiger partial charge in [0, 0.05) is 18.8 Å². The molecule has 0 saturated heterocycles. The van der Waals surface area contributed by atoms with E-state index in [0.29, 0.717) is 5.16 Å². The van der Waals surface area contributed by atoms with Gasteiger partial charge in [-0.15, -0.1) is 0 Å². The second kappa shape index (κ2) is 7.79. The zero-order valence-corrected chi connectivity index (χ0v) is 13.4. The van der Waals surface area contributed by atoms with Gasteiger partial charge < -0.3 is 10.3 Å². The molecule has 6 heteroatoms. The topological polar surface area (TPSA) is 74.8 Å². The van der Waals surface area contributed by atoms with Gasteiger partial charge in [0.05, 0.1) is 0 Å². The molecule has 1 amide bonds. The standard InChI is InChI=1S/C16H19N3O2S/c1-3-7-12-10-13(20)19-16(18-12)22-14(15(21)17-2)11-8-5-4-6-9-11/h4-6,8-10,14H,3,7H2,1-2H3,(H,17,21)(H,18,19,20). The fourth-order valence-electron chi connectivity index (χ4n) is 2.07. The molecule has 0 radical (unpaired) electrons. The van der Waals surface area contributed by atoms with Crippen molar-refractivity contribution in [3.63, 3.8) is 0 Å². The predicted octanol–water partition coefficient (Wildman–Crippen LogP) is 2.30. The number of aromatic nitrogens is 2. The number of nitrogens with one attached hydrogen (secondary N) is 2. The monoisotopic (exact) mass is 317 g/mol. The van der Waals surface area contributed by atoms with Gasteiger partial charge in [-0.2, -0.15) is 0 Å². The summed E-state index contributed by atoms with van der Waals surface area (Å²) in [6.07, 6.45) is 1.66. The fraction of sp³-hybridized carbons (Fsp3) is 0.312. The van der Waals surface area contributed by atoms with Crippen LogP contribution in [0.4, 0.5) is 0 Å². The maximum atomic E-state index is 12.2. The zero-order chi connectivity index (χ0) is 15.9. The average molecular weight is 317 g/mol. The Kier molecular flexibility index (Phi) is 5.77. The van der Waals surface area contributed by atoms with Gasteiger partial charge in [-0.1, -0.05) is 55.4 Å². The summed E-state index contributed by atoms with van der Waals surface area (Å²) in [7, 11) is 1.60. The van der Waals surface area contributed by atoms with Gasteiger partial charge in [0.1, 0.15) is 5.25 Å². The normalized spacial score (nSPS) is 11.9. The molecular formula is C16H19N3O2S.